The Bertz CT molecular complexity index is 660. The molecule has 128 valence electrons. The predicted molar refractivity (Wildman–Crippen MR) is 91.7 cm³/mol. The van der Waals surface area contributed by atoms with E-state index in [1.807, 2.05) is 20.8 Å². The smallest absolute Gasteiger partial charge is 0.243 e. The first-order valence-corrected chi connectivity index (χ1v) is 9.46. The van der Waals surface area contributed by atoms with Crippen molar-refractivity contribution in [3.63, 3.8) is 0 Å². The lowest BCUT2D eigenvalue weighted by atomic mass is 9.95. The molecule has 0 bridgehead atoms. The fourth-order valence-electron chi connectivity index (χ4n) is 2.54. The largest absolute Gasteiger partial charge is 0.326 e. The van der Waals surface area contributed by atoms with E-state index in [1.165, 1.54) is 0 Å². The maximum atomic E-state index is 12.7. The molecule has 1 aromatic carbocycles. The minimum absolute atomic E-state index is 0.0991. The molecule has 2 rings (SSSR count). The Labute approximate surface area is 139 Å². The molecule has 1 N–H and O–H groups in total. The van der Waals surface area contributed by atoms with Gasteiger partial charge in [-0.05, 0) is 43.0 Å². The Kier molecular flexibility index (Phi) is 5.16. The summed E-state index contributed by atoms with van der Waals surface area (Å²) in [5.74, 6) is 0.293. The van der Waals surface area contributed by atoms with Crippen molar-refractivity contribution in [2.75, 3.05) is 18.4 Å². The van der Waals surface area contributed by atoms with E-state index < -0.39 is 15.4 Å². The van der Waals surface area contributed by atoms with Crippen molar-refractivity contribution in [3.05, 3.63) is 24.3 Å². The third-order valence-corrected chi connectivity index (χ3v) is 5.93. The molecule has 0 radical (unpaired) electrons. The Balaban J connectivity index is 2.14. The van der Waals surface area contributed by atoms with Gasteiger partial charge in [0.05, 0.1) is 4.90 Å². The molecular formula is C17H26N2O3S. The summed E-state index contributed by atoms with van der Waals surface area (Å²) in [7, 11) is -3.45. The Morgan fingerprint density at radius 1 is 1.22 bits per heavy atom. The number of anilines is 1. The number of carbonyl (C=O) groups is 1. The molecule has 6 heteroatoms. The summed E-state index contributed by atoms with van der Waals surface area (Å²) in [5, 5.41) is 2.80. The van der Waals surface area contributed by atoms with Crippen molar-refractivity contribution < 1.29 is 13.2 Å². The van der Waals surface area contributed by atoms with E-state index in [0.29, 0.717) is 24.7 Å². The van der Waals surface area contributed by atoms with Crippen molar-refractivity contribution in [1.82, 2.24) is 4.31 Å². The molecule has 0 aromatic heterocycles. The SMILES string of the molecule is C[C@H]1CCCN(S(=O)(=O)c2ccc(NC(=O)C(C)(C)C)cc2)C1. The van der Waals surface area contributed by atoms with Gasteiger partial charge in [-0.1, -0.05) is 27.7 Å². The fraction of sp³-hybridized carbons (Fsp3) is 0.588. The van der Waals surface area contributed by atoms with Crippen molar-refractivity contribution in [3.8, 4) is 0 Å². The summed E-state index contributed by atoms with van der Waals surface area (Å²) in [6, 6.07) is 6.41. The molecule has 1 saturated heterocycles. The summed E-state index contributed by atoms with van der Waals surface area (Å²) in [6.07, 6.45) is 1.98. The number of nitrogens with one attached hydrogen (secondary N) is 1. The monoisotopic (exact) mass is 338 g/mol. The number of rotatable bonds is 3. The lowest BCUT2D eigenvalue weighted by Crippen LogP contribution is -2.39. The minimum atomic E-state index is -3.45. The highest BCUT2D eigenvalue weighted by molar-refractivity contribution is 7.89. The predicted octanol–water partition coefficient (Wildman–Crippen LogP) is 3.09. The molecule has 5 nitrogen and oxygen atoms in total. The molecule has 1 aliphatic heterocycles. The second kappa shape index (κ2) is 6.61. The van der Waals surface area contributed by atoms with Crippen LogP contribution >= 0.6 is 0 Å². The van der Waals surface area contributed by atoms with E-state index >= 15 is 0 Å². The number of benzene rings is 1. The van der Waals surface area contributed by atoms with Crippen LogP contribution in [0.1, 0.15) is 40.5 Å². The average molecular weight is 338 g/mol. The van der Waals surface area contributed by atoms with Crippen LogP contribution in [-0.4, -0.2) is 31.7 Å². The van der Waals surface area contributed by atoms with E-state index in [-0.39, 0.29) is 10.8 Å². The second-order valence-electron chi connectivity index (χ2n) is 7.34. The summed E-state index contributed by atoms with van der Waals surface area (Å²) >= 11 is 0. The molecular weight excluding hydrogens is 312 g/mol. The number of hydrogen-bond donors (Lipinski definition) is 1. The zero-order valence-electron chi connectivity index (χ0n) is 14.3. The highest BCUT2D eigenvalue weighted by atomic mass is 32.2. The van der Waals surface area contributed by atoms with E-state index in [9.17, 15) is 13.2 Å². The van der Waals surface area contributed by atoms with Crippen LogP contribution in [0.15, 0.2) is 29.2 Å². The molecule has 1 aliphatic rings. The summed E-state index contributed by atoms with van der Waals surface area (Å²) in [5.41, 5.74) is 0.116. The van der Waals surface area contributed by atoms with Crippen LogP contribution < -0.4 is 5.32 Å². The van der Waals surface area contributed by atoms with Crippen molar-refractivity contribution in [2.45, 2.75) is 45.4 Å². The average Bonchev–Trinajstić information content (AvgIpc) is 2.47. The first-order valence-electron chi connectivity index (χ1n) is 8.02. The third kappa shape index (κ3) is 4.32. The minimum Gasteiger partial charge on any atom is -0.326 e. The van der Waals surface area contributed by atoms with E-state index in [1.54, 1.807) is 28.6 Å². The summed E-state index contributed by atoms with van der Waals surface area (Å²) in [6.45, 7) is 8.73. The van der Waals surface area contributed by atoms with Crippen molar-refractivity contribution >= 4 is 21.6 Å². The van der Waals surface area contributed by atoms with Gasteiger partial charge in [0.25, 0.3) is 0 Å². The van der Waals surface area contributed by atoms with Crippen LogP contribution in [0.4, 0.5) is 5.69 Å². The number of carbonyl (C=O) groups excluding carboxylic acids is 1. The molecule has 1 atom stereocenters. The molecule has 1 aromatic rings. The van der Waals surface area contributed by atoms with Gasteiger partial charge < -0.3 is 5.32 Å². The number of hydrogen-bond acceptors (Lipinski definition) is 3. The Hall–Kier alpha value is -1.40. The normalized spacial score (nSPS) is 20.3. The van der Waals surface area contributed by atoms with Gasteiger partial charge in [0, 0.05) is 24.2 Å². The van der Waals surface area contributed by atoms with Crippen molar-refractivity contribution in [2.24, 2.45) is 11.3 Å². The van der Waals surface area contributed by atoms with Crippen LogP contribution in [0.2, 0.25) is 0 Å². The van der Waals surface area contributed by atoms with Gasteiger partial charge in [0.15, 0.2) is 0 Å². The number of piperidine rings is 1. The number of nitrogens with zero attached hydrogens (tertiary/aromatic N) is 1. The first-order chi connectivity index (χ1) is 10.6. The topological polar surface area (TPSA) is 66.5 Å². The van der Waals surface area contributed by atoms with Gasteiger partial charge >= 0.3 is 0 Å². The third-order valence-electron chi connectivity index (χ3n) is 4.05. The Morgan fingerprint density at radius 3 is 2.35 bits per heavy atom. The van der Waals surface area contributed by atoms with Gasteiger partial charge in [0.1, 0.15) is 0 Å². The zero-order valence-corrected chi connectivity index (χ0v) is 15.1. The molecule has 0 aliphatic carbocycles. The fourth-order valence-corrected chi connectivity index (χ4v) is 4.14. The standard InChI is InChI=1S/C17H26N2O3S/c1-13-6-5-11-19(12-13)23(21,22)15-9-7-14(8-10-15)18-16(20)17(2,3)4/h7-10,13H,5-6,11-12H2,1-4H3,(H,18,20)/t13-/m0/s1. The molecule has 0 saturated carbocycles. The van der Waals surface area contributed by atoms with Crippen LogP contribution in [0, 0.1) is 11.3 Å². The van der Waals surface area contributed by atoms with Crippen molar-refractivity contribution in [1.29, 1.82) is 0 Å². The molecule has 1 amide bonds. The highest BCUT2D eigenvalue weighted by Crippen LogP contribution is 2.25. The first kappa shape index (κ1) is 17.9. The molecule has 1 heterocycles. The van der Waals surface area contributed by atoms with Crippen LogP contribution in [0.3, 0.4) is 0 Å². The van der Waals surface area contributed by atoms with E-state index in [0.717, 1.165) is 12.8 Å². The maximum absolute atomic E-state index is 12.7. The highest BCUT2D eigenvalue weighted by Gasteiger charge is 2.28. The molecule has 0 spiro atoms. The zero-order chi connectivity index (χ0) is 17.3. The maximum Gasteiger partial charge on any atom is 0.243 e. The van der Waals surface area contributed by atoms with Gasteiger partial charge in [-0.3, -0.25) is 4.79 Å². The lowest BCUT2D eigenvalue weighted by Gasteiger charge is -2.30. The van der Waals surface area contributed by atoms with E-state index in [2.05, 4.69) is 12.2 Å². The van der Waals surface area contributed by atoms with Crippen LogP contribution in [0.25, 0.3) is 0 Å². The lowest BCUT2D eigenvalue weighted by molar-refractivity contribution is -0.123. The number of sulfonamides is 1. The van der Waals surface area contributed by atoms with Gasteiger partial charge in [-0.15, -0.1) is 0 Å². The van der Waals surface area contributed by atoms with Gasteiger partial charge in [-0.2, -0.15) is 4.31 Å². The molecule has 1 fully saturated rings. The number of amides is 1. The van der Waals surface area contributed by atoms with Gasteiger partial charge in [-0.25, -0.2) is 8.42 Å². The second-order valence-corrected chi connectivity index (χ2v) is 9.28. The van der Waals surface area contributed by atoms with Gasteiger partial charge in [0.2, 0.25) is 15.9 Å². The quantitative estimate of drug-likeness (QED) is 0.921. The Morgan fingerprint density at radius 2 is 1.83 bits per heavy atom. The van der Waals surface area contributed by atoms with E-state index in [4.69, 9.17) is 0 Å². The van der Waals surface area contributed by atoms with Crippen LogP contribution in [0.5, 0.6) is 0 Å². The summed E-state index contributed by atoms with van der Waals surface area (Å²) in [4.78, 5) is 12.2. The van der Waals surface area contributed by atoms with Crippen LogP contribution in [-0.2, 0) is 14.8 Å². The molecule has 0 unspecified atom stereocenters. The summed E-state index contributed by atoms with van der Waals surface area (Å²) < 4.78 is 26.9. The molecule has 23 heavy (non-hydrogen) atoms.